The van der Waals surface area contributed by atoms with Crippen molar-refractivity contribution < 1.29 is 9.53 Å². The molecule has 2 heterocycles. The average Bonchev–Trinajstić information content (AvgIpc) is 2.72. The maximum Gasteiger partial charge on any atom is 0.349 e. The van der Waals surface area contributed by atoms with Gasteiger partial charge >= 0.3 is 12.0 Å². The molecule has 2 rings (SSSR count). The first-order chi connectivity index (χ1) is 6.86. The Kier molecular flexibility index (Phi) is 2.18. The van der Waals surface area contributed by atoms with E-state index in [4.69, 9.17) is 4.74 Å². The largest absolute Gasteiger partial charge is 0.387 e. The fourth-order valence-electron chi connectivity index (χ4n) is 0.842. The van der Waals surface area contributed by atoms with Crippen LogP contribution in [0.4, 0.5) is 0 Å². The molecule has 0 aliphatic carbocycles. The maximum atomic E-state index is 11.3. The third kappa shape index (κ3) is 1.74. The number of nitrogens with one attached hydrogen (secondary N) is 1. The molecule has 0 saturated heterocycles. The Hall–Kier alpha value is -2.24. The third-order valence-corrected chi connectivity index (χ3v) is 1.46. The predicted molar refractivity (Wildman–Crippen MR) is 45.6 cm³/mol. The van der Waals surface area contributed by atoms with E-state index in [1.165, 1.54) is 24.8 Å². The van der Waals surface area contributed by atoms with Crippen LogP contribution >= 0.6 is 0 Å². The number of nitrogens with zero attached hydrogens (tertiary/aromatic N) is 3. The van der Waals surface area contributed by atoms with Gasteiger partial charge in [0, 0.05) is 18.6 Å². The molecule has 0 aliphatic rings. The van der Waals surface area contributed by atoms with Gasteiger partial charge in [-0.05, 0) is 6.07 Å². The summed E-state index contributed by atoms with van der Waals surface area (Å²) in [6, 6.07) is 1.66. The van der Waals surface area contributed by atoms with Crippen molar-refractivity contribution in [2.45, 2.75) is 0 Å². The maximum absolute atomic E-state index is 11.3. The van der Waals surface area contributed by atoms with Crippen molar-refractivity contribution in [3.8, 4) is 6.01 Å². The molecule has 14 heavy (non-hydrogen) atoms. The number of aromatic nitrogens is 4. The summed E-state index contributed by atoms with van der Waals surface area (Å²) in [6.07, 6.45) is 5.78. The molecule has 0 aliphatic heterocycles. The van der Waals surface area contributed by atoms with E-state index in [0.29, 0.717) is 5.56 Å². The van der Waals surface area contributed by atoms with Crippen LogP contribution in [0.2, 0.25) is 0 Å². The lowest BCUT2D eigenvalue weighted by Crippen LogP contribution is -2.09. The van der Waals surface area contributed by atoms with Crippen molar-refractivity contribution in [3.63, 3.8) is 0 Å². The minimum atomic E-state index is -0.537. The Morgan fingerprint density at radius 1 is 1.36 bits per heavy atom. The summed E-state index contributed by atoms with van der Waals surface area (Å²) < 4.78 is 4.84. The standard InChI is InChI=1S/C8H6N4O2/c13-7(6-4-11-12-5-6)14-8-9-2-1-3-10-8/h1-5H,(H,11,12). The molecule has 0 atom stereocenters. The van der Waals surface area contributed by atoms with E-state index in [0.717, 1.165) is 0 Å². The molecule has 1 N–H and O–H groups in total. The molecule has 6 heteroatoms. The lowest BCUT2D eigenvalue weighted by atomic mass is 10.4. The van der Waals surface area contributed by atoms with Crippen LogP contribution in [0.1, 0.15) is 10.4 Å². The Labute approximate surface area is 79.0 Å². The molecule has 2 aromatic heterocycles. The Bertz CT molecular complexity index is 412. The number of carbonyl (C=O) groups is 1. The second kappa shape index (κ2) is 3.65. The Balaban J connectivity index is 2.10. The van der Waals surface area contributed by atoms with Crippen molar-refractivity contribution in [1.29, 1.82) is 0 Å². The summed E-state index contributed by atoms with van der Waals surface area (Å²) in [4.78, 5) is 18.8. The predicted octanol–water partition coefficient (Wildman–Crippen LogP) is 0.419. The SMILES string of the molecule is O=C(Oc1ncccn1)c1cn[nH]c1. The molecular formula is C8H6N4O2. The number of ether oxygens (including phenoxy) is 1. The fraction of sp³-hybridized carbons (Fsp3) is 0. The lowest BCUT2D eigenvalue weighted by Gasteiger charge is -1.97. The summed E-state index contributed by atoms with van der Waals surface area (Å²) in [6.45, 7) is 0. The van der Waals surface area contributed by atoms with Gasteiger partial charge in [0.2, 0.25) is 0 Å². The highest BCUT2D eigenvalue weighted by molar-refractivity contribution is 5.89. The van der Waals surface area contributed by atoms with Crippen LogP contribution in [0, 0.1) is 0 Å². The van der Waals surface area contributed by atoms with Crippen molar-refractivity contribution in [2.24, 2.45) is 0 Å². The van der Waals surface area contributed by atoms with Gasteiger partial charge in [0.25, 0.3) is 0 Å². The smallest absolute Gasteiger partial charge is 0.349 e. The van der Waals surface area contributed by atoms with Gasteiger partial charge in [0.1, 0.15) is 0 Å². The van der Waals surface area contributed by atoms with E-state index in [9.17, 15) is 4.79 Å². The fourth-order valence-corrected chi connectivity index (χ4v) is 0.842. The molecule has 0 spiro atoms. The highest BCUT2D eigenvalue weighted by Crippen LogP contribution is 2.02. The van der Waals surface area contributed by atoms with E-state index in [-0.39, 0.29) is 6.01 Å². The summed E-state index contributed by atoms with van der Waals surface area (Å²) in [5.41, 5.74) is 0.331. The van der Waals surface area contributed by atoms with E-state index in [1.807, 2.05) is 0 Å². The normalized spacial score (nSPS) is 9.71. The highest BCUT2D eigenvalue weighted by atomic mass is 16.5. The van der Waals surface area contributed by atoms with Crippen molar-refractivity contribution in [1.82, 2.24) is 20.2 Å². The van der Waals surface area contributed by atoms with Crippen LogP contribution < -0.4 is 4.74 Å². The van der Waals surface area contributed by atoms with E-state index >= 15 is 0 Å². The first-order valence-electron chi connectivity index (χ1n) is 3.84. The van der Waals surface area contributed by atoms with Crippen LogP contribution in [0.15, 0.2) is 30.9 Å². The van der Waals surface area contributed by atoms with Crippen LogP contribution in [-0.2, 0) is 0 Å². The minimum absolute atomic E-state index is 0.0266. The number of hydrogen-bond acceptors (Lipinski definition) is 5. The minimum Gasteiger partial charge on any atom is -0.387 e. The van der Waals surface area contributed by atoms with E-state index in [2.05, 4.69) is 20.2 Å². The molecule has 0 amide bonds. The molecule has 0 radical (unpaired) electrons. The van der Waals surface area contributed by atoms with Gasteiger partial charge in [-0.1, -0.05) is 0 Å². The van der Waals surface area contributed by atoms with E-state index in [1.54, 1.807) is 6.07 Å². The van der Waals surface area contributed by atoms with Crippen molar-refractivity contribution in [2.75, 3.05) is 0 Å². The number of H-pyrrole nitrogens is 1. The van der Waals surface area contributed by atoms with Crippen LogP contribution in [0.25, 0.3) is 0 Å². The Morgan fingerprint density at radius 2 is 2.14 bits per heavy atom. The molecule has 0 fully saturated rings. The topological polar surface area (TPSA) is 80.8 Å². The number of esters is 1. The zero-order chi connectivity index (χ0) is 9.80. The second-order valence-corrected chi connectivity index (χ2v) is 2.41. The number of hydrogen-bond donors (Lipinski definition) is 1. The average molecular weight is 190 g/mol. The van der Waals surface area contributed by atoms with Gasteiger partial charge in [-0.3, -0.25) is 5.10 Å². The zero-order valence-electron chi connectivity index (χ0n) is 7.04. The second-order valence-electron chi connectivity index (χ2n) is 2.41. The highest BCUT2D eigenvalue weighted by Gasteiger charge is 2.10. The molecule has 70 valence electrons. The molecule has 2 aromatic rings. The van der Waals surface area contributed by atoms with Gasteiger partial charge in [-0.2, -0.15) is 5.10 Å². The molecule has 6 nitrogen and oxygen atoms in total. The summed E-state index contributed by atoms with van der Waals surface area (Å²) >= 11 is 0. The molecular weight excluding hydrogens is 184 g/mol. The molecule has 0 aromatic carbocycles. The lowest BCUT2D eigenvalue weighted by molar-refractivity contribution is 0.0719. The monoisotopic (exact) mass is 190 g/mol. The molecule has 0 saturated carbocycles. The van der Waals surface area contributed by atoms with Crippen molar-refractivity contribution >= 4 is 5.97 Å². The van der Waals surface area contributed by atoms with Gasteiger partial charge in [-0.15, -0.1) is 0 Å². The first-order valence-corrected chi connectivity index (χ1v) is 3.84. The Morgan fingerprint density at radius 3 is 2.79 bits per heavy atom. The number of aromatic amines is 1. The zero-order valence-corrected chi connectivity index (χ0v) is 7.04. The summed E-state index contributed by atoms with van der Waals surface area (Å²) in [7, 11) is 0. The van der Waals surface area contributed by atoms with E-state index < -0.39 is 5.97 Å². The van der Waals surface area contributed by atoms with Crippen LogP contribution in [0.3, 0.4) is 0 Å². The first kappa shape index (κ1) is 8.36. The quantitative estimate of drug-likeness (QED) is 0.694. The van der Waals surface area contributed by atoms with Crippen molar-refractivity contribution in [3.05, 3.63) is 36.4 Å². The summed E-state index contributed by atoms with van der Waals surface area (Å²) in [5.74, 6) is -0.537. The van der Waals surface area contributed by atoms with Crippen LogP contribution in [0.5, 0.6) is 6.01 Å². The van der Waals surface area contributed by atoms with Gasteiger partial charge in [-0.25, -0.2) is 14.8 Å². The molecule has 0 bridgehead atoms. The van der Waals surface area contributed by atoms with Gasteiger partial charge in [0.05, 0.1) is 11.8 Å². The van der Waals surface area contributed by atoms with Crippen LogP contribution in [-0.4, -0.2) is 26.1 Å². The number of carbonyl (C=O) groups excluding carboxylic acids is 1. The third-order valence-electron chi connectivity index (χ3n) is 1.46. The van der Waals surface area contributed by atoms with Gasteiger partial charge < -0.3 is 4.74 Å². The molecule has 0 unspecified atom stereocenters. The number of rotatable bonds is 2. The van der Waals surface area contributed by atoms with Gasteiger partial charge in [0.15, 0.2) is 0 Å². The summed E-state index contributed by atoms with van der Waals surface area (Å²) in [5, 5.41) is 6.12.